The number of methoxy groups -OCH3 is 1. The fraction of sp³-hybridized carbons (Fsp3) is 0.423. The Morgan fingerprint density at radius 1 is 1.09 bits per heavy atom. The number of pyridine rings is 1. The van der Waals surface area contributed by atoms with Crippen molar-refractivity contribution in [3.05, 3.63) is 71.3 Å². The van der Waals surface area contributed by atoms with Crippen molar-refractivity contribution in [1.82, 2.24) is 14.5 Å². The molecule has 0 amide bonds. The lowest BCUT2D eigenvalue weighted by molar-refractivity contribution is 0.277. The van der Waals surface area contributed by atoms with Crippen LogP contribution in [0.1, 0.15) is 33.6 Å². The highest BCUT2D eigenvalue weighted by Crippen LogP contribution is 2.18. The van der Waals surface area contributed by atoms with E-state index in [1.54, 1.807) is 44.3 Å². The largest absolute Gasteiger partial charge is 0.388 e. The number of hydrogen-bond acceptors (Lipinski definition) is 6. The second kappa shape index (κ2) is 15.6. The van der Waals surface area contributed by atoms with Crippen LogP contribution in [0.15, 0.2) is 65.7 Å². The van der Waals surface area contributed by atoms with E-state index in [0.717, 1.165) is 30.6 Å². The van der Waals surface area contributed by atoms with Crippen LogP contribution in [0.25, 0.3) is 11.3 Å². The van der Waals surface area contributed by atoms with Gasteiger partial charge in [0.15, 0.2) is 0 Å². The zero-order chi connectivity index (χ0) is 24.6. The highest BCUT2D eigenvalue weighted by atomic mass is 16.4. The maximum atomic E-state index is 12.4. The van der Waals surface area contributed by atoms with Crippen molar-refractivity contribution in [3.8, 4) is 11.3 Å². The quantitative estimate of drug-likeness (QED) is 0.526. The maximum Gasteiger partial charge on any atom is 0.255 e. The minimum Gasteiger partial charge on any atom is -0.388 e. The molecule has 3 aromatic rings. The smallest absolute Gasteiger partial charge is 0.255 e. The molecule has 3 rings (SSSR count). The van der Waals surface area contributed by atoms with Gasteiger partial charge in [-0.25, -0.2) is 4.98 Å². The molecule has 1 N–H and O–H groups in total. The lowest BCUT2D eigenvalue weighted by Crippen LogP contribution is -2.32. The Morgan fingerprint density at radius 3 is 2.27 bits per heavy atom. The van der Waals surface area contributed by atoms with Gasteiger partial charge in [0.05, 0.1) is 5.69 Å². The Kier molecular flexibility index (Phi) is 13.2. The van der Waals surface area contributed by atoms with Crippen LogP contribution < -0.4 is 15.8 Å². The lowest BCUT2D eigenvalue weighted by Gasteiger charge is -2.25. The predicted octanol–water partition coefficient (Wildman–Crippen LogP) is 4.85. The van der Waals surface area contributed by atoms with Gasteiger partial charge in [-0.05, 0) is 37.1 Å². The molecule has 0 radical (unpaired) electrons. The van der Waals surface area contributed by atoms with Crippen LogP contribution in [0.3, 0.4) is 0 Å². The minimum atomic E-state index is -0.0712. The Hall–Kier alpha value is -3.19. The van der Waals surface area contributed by atoms with E-state index in [1.807, 2.05) is 56.1 Å². The number of ether oxygens (including phenoxy) is 1. The normalized spacial score (nSPS) is 10.8. The summed E-state index contributed by atoms with van der Waals surface area (Å²) >= 11 is 0. The summed E-state index contributed by atoms with van der Waals surface area (Å²) in [5.41, 5.74) is 2.61. The van der Waals surface area contributed by atoms with Gasteiger partial charge in [0.1, 0.15) is 0 Å². The third-order valence-corrected chi connectivity index (χ3v) is 4.88. The molecule has 7 nitrogen and oxygen atoms in total. The average molecular weight is 454 g/mol. The van der Waals surface area contributed by atoms with E-state index >= 15 is 0 Å². The van der Waals surface area contributed by atoms with Crippen LogP contribution in [0.4, 0.5) is 11.6 Å². The molecule has 0 fully saturated rings. The van der Waals surface area contributed by atoms with E-state index in [1.165, 1.54) is 0 Å². The molecule has 33 heavy (non-hydrogen) atoms. The summed E-state index contributed by atoms with van der Waals surface area (Å²) in [4.78, 5) is 23.2. The fourth-order valence-corrected chi connectivity index (χ4v) is 3.14. The van der Waals surface area contributed by atoms with Gasteiger partial charge in [-0.2, -0.15) is 0 Å². The summed E-state index contributed by atoms with van der Waals surface area (Å²) < 4.78 is 5.84. The van der Waals surface area contributed by atoms with Crippen molar-refractivity contribution < 1.29 is 4.74 Å². The number of para-hydroxylation sites is 1. The molecule has 0 spiro atoms. The topological polar surface area (TPSA) is 72.3 Å². The van der Waals surface area contributed by atoms with Crippen molar-refractivity contribution >= 4 is 11.6 Å². The Balaban J connectivity index is 0.00000101. The number of nitrogens with zero attached hydrogens (tertiary/aromatic N) is 4. The summed E-state index contributed by atoms with van der Waals surface area (Å²) in [6.45, 7) is 6.97. The Bertz CT molecular complexity index is 961. The lowest BCUT2D eigenvalue weighted by atomic mass is 10.1. The molecule has 0 saturated carbocycles. The molecule has 0 unspecified atom stereocenters. The first-order valence-electron chi connectivity index (χ1n) is 11.4. The average Bonchev–Trinajstić information content (AvgIpc) is 2.86. The second-order valence-electron chi connectivity index (χ2n) is 7.31. The monoisotopic (exact) mass is 453 g/mol. The van der Waals surface area contributed by atoms with E-state index in [0.29, 0.717) is 17.7 Å². The second-order valence-corrected chi connectivity index (χ2v) is 7.31. The van der Waals surface area contributed by atoms with Crippen LogP contribution in [-0.2, 0) is 11.8 Å². The van der Waals surface area contributed by atoms with E-state index < -0.39 is 0 Å². The molecular weight excluding hydrogens is 414 g/mol. The first-order chi connectivity index (χ1) is 16.0. The number of hydrogen-bond donors (Lipinski definition) is 1. The fourth-order valence-electron chi connectivity index (χ4n) is 3.14. The summed E-state index contributed by atoms with van der Waals surface area (Å²) in [5.74, 6) is 0.661. The molecule has 2 aromatic heterocycles. The van der Waals surface area contributed by atoms with Crippen LogP contribution in [-0.4, -0.2) is 48.4 Å². The first kappa shape index (κ1) is 27.8. The van der Waals surface area contributed by atoms with Crippen LogP contribution >= 0.6 is 0 Å². The molecule has 2 heterocycles. The van der Waals surface area contributed by atoms with Gasteiger partial charge in [0, 0.05) is 70.6 Å². The minimum absolute atomic E-state index is 0.0712. The molecule has 0 saturated heterocycles. The van der Waals surface area contributed by atoms with Crippen molar-refractivity contribution in [2.24, 2.45) is 7.05 Å². The summed E-state index contributed by atoms with van der Waals surface area (Å²) in [6.07, 6.45) is 5.38. The standard InChI is InChI=1S/C22H27N5O.C2H6O.C2H6/c1-4-18(24-19-8-6-5-7-9-19)12-15-26(2)22-25-20(16-21(28)27(22)3)17-10-13-23-14-11-17;1-3-2;1-2/h5-11,13-14,16,18,24H,4,12,15H2,1-3H3;1-2H3;1-2H3/t18-;;/m1../s1. The zero-order valence-electron chi connectivity index (χ0n) is 21.1. The number of anilines is 2. The van der Waals surface area contributed by atoms with Crippen molar-refractivity contribution in [2.45, 2.75) is 39.7 Å². The number of benzene rings is 1. The van der Waals surface area contributed by atoms with Gasteiger partial charge >= 0.3 is 0 Å². The van der Waals surface area contributed by atoms with E-state index in [4.69, 9.17) is 4.98 Å². The van der Waals surface area contributed by atoms with Crippen molar-refractivity contribution in [3.63, 3.8) is 0 Å². The van der Waals surface area contributed by atoms with Gasteiger partial charge in [-0.1, -0.05) is 39.0 Å². The molecule has 0 aliphatic rings. The van der Waals surface area contributed by atoms with Crippen molar-refractivity contribution in [1.29, 1.82) is 0 Å². The summed E-state index contributed by atoms with van der Waals surface area (Å²) in [6, 6.07) is 15.9. The zero-order valence-corrected chi connectivity index (χ0v) is 21.1. The van der Waals surface area contributed by atoms with Gasteiger partial charge in [0.25, 0.3) is 5.56 Å². The molecule has 0 bridgehead atoms. The Labute approximate surface area is 198 Å². The summed E-state index contributed by atoms with van der Waals surface area (Å²) in [5, 5.41) is 3.58. The molecule has 1 atom stereocenters. The third-order valence-electron chi connectivity index (χ3n) is 4.88. The van der Waals surface area contributed by atoms with Crippen LogP contribution in [0.2, 0.25) is 0 Å². The molecule has 1 aromatic carbocycles. The summed E-state index contributed by atoms with van der Waals surface area (Å²) in [7, 11) is 6.99. The molecule has 180 valence electrons. The van der Waals surface area contributed by atoms with E-state index in [9.17, 15) is 4.79 Å². The number of aromatic nitrogens is 3. The highest BCUT2D eigenvalue weighted by Gasteiger charge is 2.14. The van der Waals surface area contributed by atoms with E-state index in [-0.39, 0.29) is 5.56 Å². The number of nitrogens with one attached hydrogen (secondary N) is 1. The Morgan fingerprint density at radius 2 is 1.70 bits per heavy atom. The predicted molar refractivity (Wildman–Crippen MR) is 139 cm³/mol. The van der Waals surface area contributed by atoms with Crippen molar-refractivity contribution in [2.75, 3.05) is 38.0 Å². The number of rotatable bonds is 8. The van der Waals surface area contributed by atoms with Gasteiger partial charge in [-0.3, -0.25) is 14.3 Å². The van der Waals surface area contributed by atoms with Gasteiger partial charge in [-0.15, -0.1) is 0 Å². The molecule has 0 aliphatic heterocycles. The maximum absolute atomic E-state index is 12.4. The van der Waals surface area contributed by atoms with Crippen LogP contribution in [0, 0.1) is 0 Å². The van der Waals surface area contributed by atoms with Crippen LogP contribution in [0.5, 0.6) is 0 Å². The highest BCUT2D eigenvalue weighted by molar-refractivity contribution is 5.59. The third kappa shape index (κ3) is 9.06. The van der Waals surface area contributed by atoms with E-state index in [2.05, 4.69) is 34.1 Å². The molecule has 7 heteroatoms. The van der Waals surface area contributed by atoms with Gasteiger partial charge < -0.3 is 15.0 Å². The first-order valence-corrected chi connectivity index (χ1v) is 11.4. The molecule has 0 aliphatic carbocycles. The molecular formula is C26H39N5O2. The SMILES string of the molecule is CC.CC[C@H](CCN(C)c1nc(-c2ccncc2)cc(=O)n1C)Nc1ccccc1.COC. The van der Waals surface area contributed by atoms with Gasteiger partial charge in [0.2, 0.25) is 5.95 Å².